The fraction of sp³-hybridized carbons (Fsp3) is 0.500. The monoisotopic (exact) mass is 308 g/mol. The summed E-state index contributed by atoms with van der Waals surface area (Å²) in [5.74, 6) is -2.11. The first kappa shape index (κ1) is 16.5. The summed E-state index contributed by atoms with van der Waals surface area (Å²) in [4.78, 5) is 23.5. The fourth-order valence-electron chi connectivity index (χ4n) is 2.79. The van der Waals surface area contributed by atoms with E-state index in [-0.39, 0.29) is 11.1 Å². The Hall–Kier alpha value is -1.92. The second-order valence-corrected chi connectivity index (χ2v) is 5.56. The summed E-state index contributed by atoms with van der Waals surface area (Å²) in [6.07, 6.45) is 0.890. The molecule has 4 atom stereocenters. The van der Waals surface area contributed by atoms with Crippen LogP contribution in [0.3, 0.4) is 0 Å². The molecular weight excluding hydrogens is 288 g/mol. The first-order valence-corrected chi connectivity index (χ1v) is 7.08. The topological polar surface area (TPSA) is 93.1 Å². The molecule has 1 saturated heterocycles. The van der Waals surface area contributed by atoms with Crippen molar-refractivity contribution in [2.45, 2.75) is 38.1 Å². The van der Waals surface area contributed by atoms with Gasteiger partial charge in [-0.05, 0) is 25.8 Å². The highest BCUT2D eigenvalue weighted by Crippen LogP contribution is 2.34. The number of hydrogen-bond donors (Lipinski definition) is 2. The Morgan fingerprint density at radius 2 is 2.14 bits per heavy atom. The second-order valence-electron chi connectivity index (χ2n) is 5.56. The van der Waals surface area contributed by atoms with E-state index in [9.17, 15) is 19.8 Å². The van der Waals surface area contributed by atoms with Gasteiger partial charge in [0.1, 0.15) is 12.2 Å². The molecule has 0 aromatic heterocycles. The highest BCUT2D eigenvalue weighted by atomic mass is 16.6. The lowest BCUT2D eigenvalue weighted by Crippen LogP contribution is -2.41. The summed E-state index contributed by atoms with van der Waals surface area (Å²) in [5, 5.41) is 20.8. The van der Waals surface area contributed by atoms with E-state index < -0.39 is 36.2 Å². The van der Waals surface area contributed by atoms with Crippen LogP contribution < -0.4 is 0 Å². The smallest absolute Gasteiger partial charge is 0.336 e. The van der Waals surface area contributed by atoms with E-state index in [1.807, 2.05) is 6.92 Å². The zero-order valence-electron chi connectivity index (χ0n) is 12.6. The van der Waals surface area contributed by atoms with Crippen LogP contribution in [0.2, 0.25) is 0 Å². The molecule has 0 aromatic rings. The predicted octanol–water partition coefficient (Wildman–Crippen LogP) is 0.645. The number of aliphatic hydroxyl groups excluding tert-OH is 2. The van der Waals surface area contributed by atoms with E-state index in [0.29, 0.717) is 12.8 Å². The lowest BCUT2D eigenvalue weighted by Gasteiger charge is -2.27. The molecule has 6 heteroatoms. The Morgan fingerprint density at radius 3 is 2.77 bits per heavy atom. The average Bonchev–Trinajstić information content (AvgIpc) is 2.75. The second kappa shape index (κ2) is 6.46. The molecule has 120 valence electrons. The Kier molecular flexibility index (Phi) is 4.83. The predicted molar refractivity (Wildman–Crippen MR) is 77.6 cm³/mol. The summed E-state index contributed by atoms with van der Waals surface area (Å²) in [5.41, 5.74) is 1.03. The number of ether oxygens (including phenoxy) is 2. The van der Waals surface area contributed by atoms with Gasteiger partial charge in [0.25, 0.3) is 0 Å². The number of carbonyl (C=O) groups excluding carboxylic acids is 2. The van der Waals surface area contributed by atoms with Gasteiger partial charge in [-0.25, -0.2) is 9.59 Å². The van der Waals surface area contributed by atoms with Crippen LogP contribution in [0.5, 0.6) is 0 Å². The maximum atomic E-state index is 11.8. The van der Waals surface area contributed by atoms with Crippen LogP contribution in [0.1, 0.15) is 19.8 Å². The molecule has 2 rings (SSSR count). The molecular formula is C16H20O6. The minimum Gasteiger partial charge on any atom is -0.466 e. The van der Waals surface area contributed by atoms with Crippen molar-refractivity contribution in [1.82, 2.24) is 0 Å². The number of esters is 2. The summed E-state index contributed by atoms with van der Waals surface area (Å²) >= 11 is 0. The summed E-state index contributed by atoms with van der Waals surface area (Å²) in [7, 11) is 1.20. The Labute approximate surface area is 128 Å². The van der Waals surface area contributed by atoms with E-state index in [0.717, 1.165) is 5.57 Å². The van der Waals surface area contributed by atoms with Crippen LogP contribution in [0.15, 0.2) is 35.5 Å². The third-order valence-corrected chi connectivity index (χ3v) is 4.04. The van der Waals surface area contributed by atoms with Crippen molar-refractivity contribution < 1.29 is 29.3 Å². The molecule has 6 nitrogen and oxygen atoms in total. The van der Waals surface area contributed by atoms with Gasteiger partial charge in [0.2, 0.25) is 0 Å². The van der Waals surface area contributed by atoms with Gasteiger partial charge in [-0.1, -0.05) is 18.2 Å². The molecule has 0 radical (unpaired) electrons. The van der Waals surface area contributed by atoms with Gasteiger partial charge >= 0.3 is 11.9 Å². The summed E-state index contributed by atoms with van der Waals surface area (Å²) in [6, 6.07) is 0. The molecule has 1 fully saturated rings. The van der Waals surface area contributed by atoms with Crippen LogP contribution in [-0.2, 0) is 19.1 Å². The molecule has 2 N–H and O–H groups in total. The van der Waals surface area contributed by atoms with Gasteiger partial charge in [0.05, 0.1) is 24.7 Å². The SMILES string of the molecule is C=C1C(=O)O[C@@H]2/C=C(/C)CC/C=C(/C(=O)OC)[C@H](O)[C@@H](O)[C@@H]12. The van der Waals surface area contributed by atoms with Gasteiger partial charge in [0, 0.05) is 5.57 Å². The highest BCUT2D eigenvalue weighted by Gasteiger charge is 2.45. The van der Waals surface area contributed by atoms with Crippen LogP contribution in [0.25, 0.3) is 0 Å². The van der Waals surface area contributed by atoms with Gasteiger partial charge in [-0.2, -0.15) is 0 Å². The molecule has 0 unspecified atom stereocenters. The number of allylic oxidation sites excluding steroid dienone is 2. The first-order valence-electron chi connectivity index (χ1n) is 7.08. The van der Waals surface area contributed by atoms with Gasteiger partial charge in [-0.3, -0.25) is 0 Å². The molecule has 0 spiro atoms. The van der Waals surface area contributed by atoms with Crippen LogP contribution in [0.4, 0.5) is 0 Å². The number of aliphatic hydroxyl groups is 2. The number of rotatable bonds is 1. The zero-order chi connectivity index (χ0) is 16.4. The van der Waals surface area contributed by atoms with Crippen molar-refractivity contribution in [1.29, 1.82) is 0 Å². The minimum absolute atomic E-state index is 0.0180. The first-order chi connectivity index (χ1) is 10.4. The van der Waals surface area contributed by atoms with E-state index in [1.54, 1.807) is 12.2 Å². The maximum absolute atomic E-state index is 11.8. The van der Waals surface area contributed by atoms with Gasteiger partial charge in [-0.15, -0.1) is 0 Å². The van der Waals surface area contributed by atoms with Crippen molar-refractivity contribution >= 4 is 11.9 Å². The quantitative estimate of drug-likeness (QED) is 0.420. The van der Waals surface area contributed by atoms with Gasteiger partial charge < -0.3 is 19.7 Å². The minimum atomic E-state index is -1.47. The van der Waals surface area contributed by atoms with Crippen LogP contribution in [-0.4, -0.2) is 47.6 Å². The van der Waals surface area contributed by atoms with Crippen molar-refractivity contribution in [2.24, 2.45) is 5.92 Å². The standard InChI is InChI=1S/C16H20O6/c1-8-5-4-6-10(16(20)21-3)13(17)14(18)12-9(2)15(19)22-11(12)7-8/h6-7,11-14,17-18H,2,4-5H2,1,3H3/b8-7-,10-6+/t11-,12+,13+,14+/m1/s1. The van der Waals surface area contributed by atoms with Crippen LogP contribution >= 0.6 is 0 Å². The zero-order valence-corrected chi connectivity index (χ0v) is 12.6. The third-order valence-electron chi connectivity index (χ3n) is 4.04. The molecule has 0 bridgehead atoms. The lowest BCUT2D eigenvalue weighted by atomic mass is 9.84. The Bertz CT molecular complexity index is 559. The Balaban J connectivity index is 2.43. The number of methoxy groups -OCH3 is 1. The summed E-state index contributed by atoms with van der Waals surface area (Å²) in [6.45, 7) is 5.51. The molecule has 1 heterocycles. The fourth-order valence-corrected chi connectivity index (χ4v) is 2.79. The molecule has 0 saturated carbocycles. The molecule has 1 aliphatic carbocycles. The van der Waals surface area contributed by atoms with Gasteiger partial charge in [0.15, 0.2) is 0 Å². The van der Waals surface area contributed by atoms with Crippen LogP contribution in [0, 0.1) is 5.92 Å². The maximum Gasteiger partial charge on any atom is 0.336 e. The number of fused-ring (bicyclic) bond motifs is 1. The van der Waals surface area contributed by atoms with Crippen molar-refractivity contribution in [2.75, 3.05) is 7.11 Å². The molecule has 1 aliphatic heterocycles. The summed E-state index contributed by atoms with van der Waals surface area (Å²) < 4.78 is 9.85. The van der Waals surface area contributed by atoms with Crippen molar-refractivity contribution in [3.05, 3.63) is 35.5 Å². The lowest BCUT2D eigenvalue weighted by molar-refractivity contribution is -0.140. The average molecular weight is 308 g/mol. The van der Waals surface area contributed by atoms with Crippen molar-refractivity contribution in [3.8, 4) is 0 Å². The number of hydrogen-bond acceptors (Lipinski definition) is 6. The van der Waals surface area contributed by atoms with E-state index >= 15 is 0 Å². The molecule has 2 aliphatic rings. The normalized spacial score (nSPS) is 37.3. The Morgan fingerprint density at radius 1 is 1.45 bits per heavy atom. The molecule has 0 amide bonds. The number of carbonyl (C=O) groups is 2. The molecule has 22 heavy (non-hydrogen) atoms. The van der Waals surface area contributed by atoms with E-state index in [4.69, 9.17) is 4.74 Å². The third kappa shape index (κ3) is 2.98. The van der Waals surface area contributed by atoms with Crippen molar-refractivity contribution in [3.63, 3.8) is 0 Å². The van der Waals surface area contributed by atoms with E-state index in [1.165, 1.54) is 7.11 Å². The molecule has 0 aromatic carbocycles. The largest absolute Gasteiger partial charge is 0.466 e. The van der Waals surface area contributed by atoms with E-state index in [2.05, 4.69) is 11.3 Å². The highest BCUT2D eigenvalue weighted by molar-refractivity contribution is 5.92.